The molecule has 10 heteroatoms. The number of hydrogen-bond donors (Lipinski definition) is 1. The fourth-order valence-corrected chi connectivity index (χ4v) is 2.75. The summed E-state index contributed by atoms with van der Waals surface area (Å²) in [5.74, 6) is 1.36. The van der Waals surface area contributed by atoms with Crippen LogP contribution in [0.15, 0.2) is 29.5 Å². The maximum atomic E-state index is 13.6. The predicted octanol–water partition coefficient (Wildman–Crippen LogP) is 3.61. The van der Waals surface area contributed by atoms with Crippen LogP contribution in [0.1, 0.15) is 44.6 Å². The zero-order valence-electron chi connectivity index (χ0n) is 18.2. The summed E-state index contributed by atoms with van der Waals surface area (Å²) in [5.41, 5.74) is -1.27. The van der Waals surface area contributed by atoms with Gasteiger partial charge in [-0.2, -0.15) is 18.3 Å². The normalized spacial score (nSPS) is 12.8. The molecule has 0 bridgehead atoms. The van der Waals surface area contributed by atoms with Crippen LogP contribution >= 0.6 is 0 Å². The smallest absolute Gasteiger partial charge is 0.416 e. The molecule has 1 N–H and O–H groups in total. The summed E-state index contributed by atoms with van der Waals surface area (Å²) in [7, 11) is 3.57. The average molecular weight is 426 g/mol. The van der Waals surface area contributed by atoms with E-state index in [1.807, 2.05) is 6.92 Å². The van der Waals surface area contributed by atoms with Crippen LogP contribution in [-0.4, -0.2) is 44.8 Å². The molecule has 0 unspecified atom stereocenters. The zero-order valence-corrected chi connectivity index (χ0v) is 18.2. The van der Waals surface area contributed by atoms with Gasteiger partial charge in [-0.3, -0.25) is 4.68 Å². The molecule has 0 saturated carbocycles. The lowest BCUT2D eigenvalue weighted by Gasteiger charge is -2.23. The molecule has 1 aromatic heterocycles. The number of guanidine groups is 1. The van der Waals surface area contributed by atoms with E-state index in [9.17, 15) is 13.2 Å². The van der Waals surface area contributed by atoms with E-state index >= 15 is 0 Å². The Kier molecular flexibility index (Phi) is 7.33. The average Bonchev–Trinajstić information content (AvgIpc) is 3.01. The van der Waals surface area contributed by atoms with E-state index in [-0.39, 0.29) is 17.9 Å². The molecule has 0 radical (unpaired) electrons. The van der Waals surface area contributed by atoms with Crippen LogP contribution in [0.2, 0.25) is 0 Å². The van der Waals surface area contributed by atoms with Gasteiger partial charge in [0.15, 0.2) is 5.96 Å². The van der Waals surface area contributed by atoms with E-state index in [1.54, 1.807) is 50.5 Å². The predicted molar refractivity (Wildman–Crippen MR) is 109 cm³/mol. The minimum Gasteiger partial charge on any atom is -0.488 e. The summed E-state index contributed by atoms with van der Waals surface area (Å²) in [4.78, 5) is 10.4. The second-order valence-electron chi connectivity index (χ2n) is 7.86. The SMILES string of the molecule is CCNC(=NCc1ccc(OC(C)(C)C)cc1C(F)(F)F)N(C)Cc1ncnn1C. The van der Waals surface area contributed by atoms with Crippen LogP contribution in [0, 0.1) is 0 Å². The molecule has 2 aromatic rings. The lowest BCUT2D eigenvalue weighted by molar-refractivity contribution is -0.138. The molecule has 7 nitrogen and oxygen atoms in total. The van der Waals surface area contributed by atoms with Gasteiger partial charge in [0.25, 0.3) is 0 Å². The van der Waals surface area contributed by atoms with Gasteiger partial charge in [-0.05, 0) is 45.4 Å². The van der Waals surface area contributed by atoms with Crippen molar-refractivity contribution in [3.05, 3.63) is 41.5 Å². The monoisotopic (exact) mass is 426 g/mol. The molecule has 0 aliphatic heterocycles. The molecule has 0 aliphatic rings. The van der Waals surface area contributed by atoms with E-state index in [1.165, 1.54) is 12.4 Å². The highest BCUT2D eigenvalue weighted by atomic mass is 19.4. The molecule has 0 fully saturated rings. The lowest BCUT2D eigenvalue weighted by atomic mass is 10.1. The Balaban J connectivity index is 2.28. The zero-order chi connectivity index (χ0) is 22.5. The first-order valence-electron chi connectivity index (χ1n) is 9.62. The van der Waals surface area contributed by atoms with Gasteiger partial charge in [-0.1, -0.05) is 6.07 Å². The van der Waals surface area contributed by atoms with E-state index in [2.05, 4.69) is 20.4 Å². The molecule has 0 spiro atoms. The molecule has 0 amide bonds. The van der Waals surface area contributed by atoms with Crippen LogP contribution in [0.5, 0.6) is 5.75 Å². The number of rotatable bonds is 6. The fourth-order valence-electron chi connectivity index (χ4n) is 2.75. The van der Waals surface area contributed by atoms with Crippen molar-refractivity contribution in [3.63, 3.8) is 0 Å². The summed E-state index contributed by atoms with van der Waals surface area (Å²) < 4.78 is 48.2. The number of nitrogens with zero attached hydrogens (tertiary/aromatic N) is 5. The van der Waals surface area contributed by atoms with Crippen molar-refractivity contribution in [2.45, 2.75) is 52.6 Å². The number of benzene rings is 1. The van der Waals surface area contributed by atoms with Gasteiger partial charge in [0.05, 0.1) is 18.7 Å². The molecule has 1 aromatic carbocycles. The standard InChI is InChI=1S/C20H29F3N6O/c1-7-24-18(28(5)12-17-26-13-27-29(17)6)25-11-14-8-9-15(30-19(2,3)4)10-16(14)20(21,22)23/h8-10,13H,7,11-12H2,1-6H3,(H,24,25). The summed E-state index contributed by atoms with van der Waals surface area (Å²) in [6, 6.07) is 3.99. The van der Waals surface area contributed by atoms with Gasteiger partial charge < -0.3 is 15.0 Å². The van der Waals surface area contributed by atoms with E-state index in [4.69, 9.17) is 4.74 Å². The van der Waals surface area contributed by atoms with Crippen LogP contribution < -0.4 is 10.1 Å². The largest absolute Gasteiger partial charge is 0.488 e. The lowest BCUT2D eigenvalue weighted by Crippen LogP contribution is -2.39. The Bertz CT molecular complexity index is 870. The van der Waals surface area contributed by atoms with E-state index in [0.717, 1.165) is 6.07 Å². The number of ether oxygens (including phenoxy) is 1. The number of alkyl halides is 3. The number of hydrogen-bond acceptors (Lipinski definition) is 4. The second-order valence-corrected chi connectivity index (χ2v) is 7.86. The Hall–Kier alpha value is -2.78. The van der Waals surface area contributed by atoms with E-state index < -0.39 is 17.3 Å². The third kappa shape index (κ3) is 6.64. The number of aryl methyl sites for hydroxylation is 1. The van der Waals surface area contributed by atoms with Crippen molar-refractivity contribution < 1.29 is 17.9 Å². The quantitative estimate of drug-likeness (QED) is 0.565. The summed E-state index contributed by atoms with van der Waals surface area (Å²) in [6.07, 6.45) is -3.06. The Labute approximate surface area is 175 Å². The first-order valence-corrected chi connectivity index (χ1v) is 9.62. The molecule has 1 heterocycles. The molecular weight excluding hydrogens is 397 g/mol. The van der Waals surface area contributed by atoms with Gasteiger partial charge >= 0.3 is 6.18 Å². The van der Waals surface area contributed by atoms with Crippen LogP contribution in [0.4, 0.5) is 13.2 Å². The molecule has 30 heavy (non-hydrogen) atoms. The molecule has 0 atom stereocenters. The van der Waals surface area contributed by atoms with Crippen molar-refractivity contribution >= 4 is 5.96 Å². The van der Waals surface area contributed by atoms with Gasteiger partial charge in [0.1, 0.15) is 23.5 Å². The molecule has 2 rings (SSSR count). The topological polar surface area (TPSA) is 67.6 Å². The second kappa shape index (κ2) is 9.36. The highest BCUT2D eigenvalue weighted by molar-refractivity contribution is 5.79. The molecule has 0 saturated heterocycles. The van der Waals surface area contributed by atoms with E-state index in [0.29, 0.717) is 24.9 Å². The summed E-state index contributed by atoms with van der Waals surface area (Å²) in [5, 5.41) is 7.12. The van der Waals surface area contributed by atoms with Crippen molar-refractivity contribution in [3.8, 4) is 5.75 Å². The van der Waals surface area contributed by atoms with Gasteiger partial charge in [-0.15, -0.1) is 0 Å². The Morgan fingerprint density at radius 3 is 2.50 bits per heavy atom. The van der Waals surface area contributed by atoms with Crippen molar-refractivity contribution in [1.29, 1.82) is 0 Å². The minimum absolute atomic E-state index is 0.0752. The molecule has 166 valence electrons. The number of halogens is 3. The summed E-state index contributed by atoms with van der Waals surface area (Å²) in [6.45, 7) is 8.11. The first-order chi connectivity index (χ1) is 13.9. The fraction of sp³-hybridized carbons (Fsp3) is 0.550. The van der Waals surface area contributed by atoms with Gasteiger partial charge in [0, 0.05) is 20.6 Å². The van der Waals surface area contributed by atoms with Gasteiger partial charge in [0.2, 0.25) is 0 Å². The van der Waals surface area contributed by atoms with Crippen molar-refractivity contribution in [2.24, 2.45) is 12.0 Å². The highest BCUT2D eigenvalue weighted by Gasteiger charge is 2.34. The third-order valence-corrected chi connectivity index (χ3v) is 4.09. The maximum absolute atomic E-state index is 13.6. The van der Waals surface area contributed by atoms with Crippen LogP contribution in [-0.2, 0) is 26.3 Å². The maximum Gasteiger partial charge on any atom is 0.416 e. The number of aliphatic imine (C=N–C) groups is 1. The molecule has 0 aliphatic carbocycles. The minimum atomic E-state index is -4.51. The summed E-state index contributed by atoms with van der Waals surface area (Å²) >= 11 is 0. The number of aromatic nitrogens is 3. The first kappa shape index (κ1) is 23.5. The Morgan fingerprint density at radius 2 is 1.97 bits per heavy atom. The Morgan fingerprint density at radius 1 is 1.27 bits per heavy atom. The molecular formula is C20H29F3N6O. The number of nitrogens with one attached hydrogen (secondary N) is 1. The highest BCUT2D eigenvalue weighted by Crippen LogP contribution is 2.35. The van der Waals surface area contributed by atoms with Gasteiger partial charge in [-0.25, -0.2) is 9.98 Å². The van der Waals surface area contributed by atoms with Crippen molar-refractivity contribution in [1.82, 2.24) is 25.0 Å². The van der Waals surface area contributed by atoms with Crippen LogP contribution in [0.25, 0.3) is 0 Å². The third-order valence-electron chi connectivity index (χ3n) is 4.09. The van der Waals surface area contributed by atoms with Crippen LogP contribution in [0.3, 0.4) is 0 Å². The van der Waals surface area contributed by atoms with Crippen molar-refractivity contribution in [2.75, 3.05) is 13.6 Å².